The summed E-state index contributed by atoms with van der Waals surface area (Å²) in [5, 5.41) is 0.656. The zero-order valence-corrected chi connectivity index (χ0v) is 17.0. The first-order valence-corrected chi connectivity index (χ1v) is 12.9. The van der Waals surface area contributed by atoms with Crippen LogP contribution in [-0.2, 0) is 13.5 Å². The van der Waals surface area contributed by atoms with Crippen molar-refractivity contribution in [2.24, 2.45) is 0 Å². The van der Waals surface area contributed by atoms with Gasteiger partial charge in [-0.05, 0) is 0 Å². The van der Waals surface area contributed by atoms with Crippen LogP contribution in [0.25, 0.3) is 0 Å². The van der Waals surface area contributed by atoms with Gasteiger partial charge in [-0.2, -0.15) is 0 Å². The van der Waals surface area contributed by atoms with E-state index in [1.54, 1.807) is 0 Å². The van der Waals surface area contributed by atoms with Gasteiger partial charge in [-0.25, -0.2) is 0 Å². The van der Waals surface area contributed by atoms with Crippen LogP contribution in [0.4, 0.5) is 11.4 Å². The molecule has 0 bridgehead atoms. The minimum absolute atomic E-state index is 0.100. The molecule has 126 valence electrons. The first-order valence-electron chi connectivity index (χ1n) is 7.00. The Morgan fingerprint density at radius 1 is 1.09 bits per heavy atom. The van der Waals surface area contributed by atoms with E-state index >= 15 is 0 Å². The van der Waals surface area contributed by atoms with Crippen LogP contribution in [-0.4, -0.2) is 17.8 Å². The van der Waals surface area contributed by atoms with E-state index in [9.17, 15) is 0 Å². The number of nitrogens with zero attached hydrogens (tertiary/aromatic N) is 1. The van der Waals surface area contributed by atoms with E-state index in [-0.39, 0.29) is 6.10 Å². The van der Waals surface area contributed by atoms with Gasteiger partial charge in [0.05, 0.1) is 0 Å². The van der Waals surface area contributed by atoms with Gasteiger partial charge in [0, 0.05) is 0 Å². The molecular formula is C17H18Cl3NORu. The molecule has 23 heavy (non-hydrogen) atoms. The van der Waals surface area contributed by atoms with Crippen LogP contribution in [0.5, 0.6) is 5.75 Å². The van der Waals surface area contributed by atoms with Crippen molar-refractivity contribution in [3.05, 3.63) is 53.1 Å². The van der Waals surface area contributed by atoms with Crippen molar-refractivity contribution in [2.75, 3.05) is 11.9 Å². The summed E-state index contributed by atoms with van der Waals surface area (Å²) in [5.74, 6) is 0.830. The molecule has 2 nitrogen and oxygen atoms in total. The Morgan fingerprint density at radius 3 is 2.43 bits per heavy atom. The fourth-order valence-corrected chi connectivity index (χ4v) is 4.19. The molecule has 0 aliphatic rings. The van der Waals surface area contributed by atoms with Gasteiger partial charge in [0.2, 0.25) is 0 Å². The van der Waals surface area contributed by atoms with Crippen molar-refractivity contribution in [3.8, 4) is 5.75 Å². The van der Waals surface area contributed by atoms with Gasteiger partial charge in [0.15, 0.2) is 0 Å². The first kappa shape index (κ1) is 18.7. The van der Waals surface area contributed by atoms with Crippen LogP contribution in [0, 0.1) is 0 Å². The molecular weight excluding hydrogens is 442 g/mol. The maximum atomic E-state index is 6.12. The fraction of sp³-hybridized carbons (Fsp3) is 0.235. The summed E-state index contributed by atoms with van der Waals surface area (Å²) >= 11 is 4.16. The molecule has 0 aromatic heterocycles. The Kier molecular flexibility index (Phi) is 6.91. The summed E-state index contributed by atoms with van der Waals surface area (Å²) in [4.78, 5) is 2.06. The first-order chi connectivity index (χ1) is 10.9. The zero-order chi connectivity index (χ0) is 17.0. The van der Waals surface area contributed by atoms with Gasteiger partial charge >= 0.3 is 156 Å². The number of rotatable bonds is 5. The van der Waals surface area contributed by atoms with E-state index < -0.39 is 13.5 Å². The number of halogens is 3. The average Bonchev–Trinajstić information content (AvgIpc) is 2.46. The third-order valence-electron chi connectivity index (χ3n) is 3.13. The molecule has 0 aliphatic carbocycles. The molecule has 0 heterocycles. The Hall–Kier alpha value is -0.597. The molecule has 0 unspecified atom stereocenters. The summed E-state index contributed by atoms with van der Waals surface area (Å²) < 4.78 is 7.81. The van der Waals surface area contributed by atoms with Gasteiger partial charge in [-0.15, -0.1) is 0 Å². The second-order valence-electron chi connectivity index (χ2n) is 5.20. The molecule has 0 saturated heterocycles. The molecule has 6 heteroatoms. The summed E-state index contributed by atoms with van der Waals surface area (Å²) in [5.41, 5.74) is 2.89. The number of para-hydroxylation sites is 2. The third-order valence-corrected chi connectivity index (χ3v) is 5.20. The predicted molar refractivity (Wildman–Crippen MR) is 98.6 cm³/mol. The second-order valence-corrected chi connectivity index (χ2v) is 11.4. The van der Waals surface area contributed by atoms with Crippen molar-refractivity contribution in [2.45, 2.75) is 20.0 Å². The summed E-state index contributed by atoms with van der Waals surface area (Å²) in [6.07, 6.45) is 0.100. The topological polar surface area (TPSA) is 12.5 Å². The van der Waals surface area contributed by atoms with Crippen molar-refractivity contribution in [3.63, 3.8) is 0 Å². The molecule has 0 fully saturated rings. The predicted octanol–water partition coefficient (Wildman–Crippen LogP) is 5.97. The van der Waals surface area contributed by atoms with Gasteiger partial charge in [-0.3, -0.25) is 0 Å². The molecule has 0 aliphatic heterocycles. The number of hydrogen-bond donors (Lipinski definition) is 0. The molecule has 0 atom stereocenters. The molecule has 2 aromatic carbocycles. The van der Waals surface area contributed by atoms with Crippen LogP contribution in [0.2, 0.25) is 5.02 Å². The molecule has 0 N–H and O–H groups in total. The molecule has 0 spiro atoms. The van der Waals surface area contributed by atoms with Crippen LogP contribution in [0.3, 0.4) is 0 Å². The quantitative estimate of drug-likeness (QED) is 0.511. The monoisotopic (exact) mass is 459 g/mol. The number of ether oxygens (including phenoxy) is 1. The number of anilines is 2. The van der Waals surface area contributed by atoms with E-state index in [1.165, 1.54) is 0 Å². The second kappa shape index (κ2) is 8.49. The molecule has 0 amide bonds. The van der Waals surface area contributed by atoms with E-state index in [4.69, 9.17) is 35.7 Å². The third kappa shape index (κ3) is 5.19. The average molecular weight is 460 g/mol. The van der Waals surface area contributed by atoms with E-state index in [0.717, 1.165) is 22.7 Å². The molecule has 2 aromatic rings. The van der Waals surface area contributed by atoms with Crippen molar-refractivity contribution < 1.29 is 18.3 Å². The minimum atomic E-state index is -1.96. The molecule has 0 saturated carbocycles. The molecule has 2 rings (SSSR count). The van der Waals surface area contributed by atoms with E-state index in [0.29, 0.717) is 5.02 Å². The number of hydrogen-bond acceptors (Lipinski definition) is 2. The van der Waals surface area contributed by atoms with Crippen LogP contribution < -0.4 is 9.64 Å². The normalized spacial score (nSPS) is 11.3. The van der Waals surface area contributed by atoms with Crippen LogP contribution in [0.15, 0.2) is 42.5 Å². The Balaban J connectivity index is 2.49. The van der Waals surface area contributed by atoms with Gasteiger partial charge in [0.1, 0.15) is 0 Å². The van der Waals surface area contributed by atoms with E-state index in [1.807, 2.05) is 68.0 Å². The summed E-state index contributed by atoms with van der Waals surface area (Å²) in [6.45, 7) is 4.02. The van der Waals surface area contributed by atoms with Gasteiger partial charge in [-0.1, -0.05) is 0 Å². The Labute approximate surface area is 155 Å². The van der Waals surface area contributed by atoms with Gasteiger partial charge < -0.3 is 0 Å². The van der Waals surface area contributed by atoms with Crippen LogP contribution in [0.1, 0.15) is 19.4 Å². The Bertz CT molecular complexity index is 715. The summed E-state index contributed by atoms with van der Waals surface area (Å²) in [6, 6.07) is 13.6. The fourth-order valence-electron chi connectivity index (χ4n) is 2.21. The zero-order valence-electron chi connectivity index (χ0n) is 13.0. The van der Waals surface area contributed by atoms with Crippen LogP contribution >= 0.6 is 31.0 Å². The van der Waals surface area contributed by atoms with Crippen molar-refractivity contribution in [1.82, 2.24) is 0 Å². The van der Waals surface area contributed by atoms with Gasteiger partial charge in [0.25, 0.3) is 0 Å². The summed E-state index contributed by atoms with van der Waals surface area (Å²) in [7, 11) is 14.1. The Morgan fingerprint density at radius 2 is 1.78 bits per heavy atom. The van der Waals surface area contributed by atoms with Crippen molar-refractivity contribution >= 4 is 47.0 Å². The SMILES string of the molecule is CC(C)Oc1ccccc1N(C)c1ccc(Cl)cc1[CH]=[Ru]([Cl])[Cl]. The maximum absolute atomic E-state index is 6.12. The van der Waals surface area contributed by atoms with Crippen molar-refractivity contribution in [1.29, 1.82) is 0 Å². The standard InChI is InChI=1S/C17H18ClNO.2ClH.Ru/c1-12(2)20-17-8-6-5-7-16(17)19(4)15-10-9-14(18)11-13(15)3;;;/h3,5-12H,1-2,4H3;2*1H;/q;;;+2/p-2. The molecule has 0 radical (unpaired) electrons. The van der Waals surface area contributed by atoms with E-state index in [2.05, 4.69) is 4.90 Å². The number of benzene rings is 2.